The number of pyridine rings is 1. The van der Waals surface area contributed by atoms with Gasteiger partial charge in [0.2, 0.25) is 0 Å². The number of amides is 3. The number of nitrogens with zero attached hydrogens (tertiary/aromatic N) is 1. The number of nitrogens with one attached hydrogen (secondary N) is 5. The van der Waals surface area contributed by atoms with Crippen molar-refractivity contribution in [1.82, 2.24) is 20.3 Å². The molecular formula is C17H16N6O4. The number of fused-ring (bicyclic) bond motifs is 1. The Morgan fingerprint density at radius 1 is 1.07 bits per heavy atom. The Labute approximate surface area is 152 Å². The maximum absolute atomic E-state index is 12.4. The average Bonchev–Trinajstić information content (AvgIpc) is 2.61. The second-order valence-electron chi connectivity index (χ2n) is 5.55. The molecule has 0 saturated carbocycles. The summed E-state index contributed by atoms with van der Waals surface area (Å²) in [5.41, 5.74) is -0.123. The van der Waals surface area contributed by atoms with Gasteiger partial charge in [-0.05, 0) is 31.2 Å². The zero-order valence-electron chi connectivity index (χ0n) is 14.3. The Kier molecular flexibility index (Phi) is 4.97. The van der Waals surface area contributed by atoms with Crippen molar-refractivity contribution in [2.24, 2.45) is 0 Å². The summed E-state index contributed by atoms with van der Waals surface area (Å²) in [6, 6.07) is 7.58. The first-order valence-electron chi connectivity index (χ1n) is 8.05. The van der Waals surface area contributed by atoms with Crippen molar-refractivity contribution >= 4 is 34.3 Å². The van der Waals surface area contributed by atoms with E-state index >= 15 is 0 Å². The van der Waals surface area contributed by atoms with Crippen molar-refractivity contribution in [3.05, 3.63) is 62.9 Å². The minimum Gasteiger partial charge on any atom is -0.338 e. The molecule has 3 aromatic rings. The Morgan fingerprint density at radius 2 is 1.81 bits per heavy atom. The molecular weight excluding hydrogens is 352 g/mol. The van der Waals surface area contributed by atoms with E-state index in [9.17, 15) is 19.2 Å². The van der Waals surface area contributed by atoms with E-state index in [0.717, 1.165) is 0 Å². The van der Waals surface area contributed by atoms with Gasteiger partial charge in [-0.25, -0.2) is 14.6 Å². The molecule has 0 radical (unpaired) electrons. The summed E-state index contributed by atoms with van der Waals surface area (Å²) >= 11 is 0. The monoisotopic (exact) mass is 368 g/mol. The van der Waals surface area contributed by atoms with Crippen molar-refractivity contribution in [2.75, 3.05) is 17.2 Å². The first-order valence-corrected chi connectivity index (χ1v) is 8.05. The molecule has 0 spiro atoms. The molecule has 138 valence electrons. The maximum Gasteiger partial charge on any atom is 0.327 e. The number of urea groups is 1. The van der Waals surface area contributed by atoms with Crippen LogP contribution >= 0.6 is 0 Å². The van der Waals surface area contributed by atoms with Gasteiger partial charge in [-0.15, -0.1) is 0 Å². The summed E-state index contributed by atoms with van der Waals surface area (Å²) < 4.78 is 0. The molecule has 0 aliphatic carbocycles. The number of anilines is 2. The molecule has 0 bridgehead atoms. The smallest absolute Gasteiger partial charge is 0.327 e. The molecule has 5 N–H and O–H groups in total. The Balaban J connectivity index is 1.81. The van der Waals surface area contributed by atoms with E-state index in [1.54, 1.807) is 31.2 Å². The third-order valence-corrected chi connectivity index (χ3v) is 3.57. The highest BCUT2D eigenvalue weighted by atomic mass is 16.2. The van der Waals surface area contributed by atoms with E-state index in [0.29, 0.717) is 17.9 Å². The molecule has 3 rings (SSSR count). The SMILES string of the molecule is CCNC(=O)Nc1cccc(NC(=O)c2cnc3[nH]c(=O)[nH]c(=O)c3c2)c1. The molecule has 1 aromatic carbocycles. The van der Waals surface area contributed by atoms with Crippen LogP contribution in [0.25, 0.3) is 11.0 Å². The number of benzene rings is 1. The quantitative estimate of drug-likeness (QED) is 0.466. The van der Waals surface area contributed by atoms with Crippen molar-refractivity contribution in [3.63, 3.8) is 0 Å². The number of aromatic amines is 2. The fourth-order valence-corrected chi connectivity index (χ4v) is 2.38. The van der Waals surface area contributed by atoms with Crippen LogP contribution in [0.2, 0.25) is 0 Å². The van der Waals surface area contributed by atoms with E-state index in [1.807, 2.05) is 0 Å². The van der Waals surface area contributed by atoms with Gasteiger partial charge in [0.05, 0.1) is 10.9 Å². The highest BCUT2D eigenvalue weighted by Crippen LogP contribution is 2.16. The minimum atomic E-state index is -0.673. The molecule has 0 aliphatic heterocycles. The van der Waals surface area contributed by atoms with Gasteiger partial charge < -0.3 is 16.0 Å². The van der Waals surface area contributed by atoms with Crippen molar-refractivity contribution in [3.8, 4) is 0 Å². The largest absolute Gasteiger partial charge is 0.338 e. The third kappa shape index (κ3) is 4.18. The van der Waals surface area contributed by atoms with Crippen LogP contribution in [0, 0.1) is 0 Å². The highest BCUT2D eigenvalue weighted by molar-refractivity contribution is 6.05. The summed E-state index contributed by atoms with van der Waals surface area (Å²) in [4.78, 5) is 55.5. The minimum absolute atomic E-state index is 0.0911. The van der Waals surface area contributed by atoms with Crippen LogP contribution in [0.4, 0.5) is 16.2 Å². The zero-order valence-corrected chi connectivity index (χ0v) is 14.3. The Morgan fingerprint density at radius 3 is 2.56 bits per heavy atom. The van der Waals surface area contributed by atoms with E-state index in [2.05, 4.69) is 30.9 Å². The summed E-state index contributed by atoms with van der Waals surface area (Å²) in [5.74, 6) is -0.495. The van der Waals surface area contributed by atoms with Crippen molar-refractivity contribution in [2.45, 2.75) is 6.92 Å². The van der Waals surface area contributed by atoms with E-state index in [4.69, 9.17) is 0 Å². The molecule has 10 nitrogen and oxygen atoms in total. The lowest BCUT2D eigenvalue weighted by atomic mass is 10.2. The fraction of sp³-hybridized carbons (Fsp3) is 0.118. The molecule has 0 aliphatic rings. The summed E-state index contributed by atoms with van der Waals surface area (Å²) in [6.45, 7) is 2.29. The lowest BCUT2D eigenvalue weighted by molar-refractivity contribution is 0.102. The van der Waals surface area contributed by atoms with Crippen molar-refractivity contribution in [1.29, 1.82) is 0 Å². The molecule has 3 amide bonds. The fourth-order valence-electron chi connectivity index (χ4n) is 2.38. The van der Waals surface area contributed by atoms with E-state index in [-0.39, 0.29) is 22.6 Å². The van der Waals surface area contributed by atoms with Gasteiger partial charge >= 0.3 is 11.7 Å². The van der Waals surface area contributed by atoms with Gasteiger partial charge in [-0.2, -0.15) is 0 Å². The lowest BCUT2D eigenvalue weighted by Gasteiger charge is -2.09. The maximum atomic E-state index is 12.4. The van der Waals surface area contributed by atoms with Gasteiger partial charge in [-0.1, -0.05) is 6.07 Å². The summed E-state index contributed by atoms with van der Waals surface area (Å²) in [5, 5.41) is 8.00. The lowest BCUT2D eigenvalue weighted by Crippen LogP contribution is -2.28. The number of hydrogen-bond donors (Lipinski definition) is 5. The highest BCUT2D eigenvalue weighted by Gasteiger charge is 2.11. The van der Waals surface area contributed by atoms with Crippen LogP contribution < -0.4 is 27.2 Å². The van der Waals surface area contributed by atoms with Gasteiger partial charge in [0, 0.05) is 24.1 Å². The second-order valence-corrected chi connectivity index (χ2v) is 5.55. The molecule has 0 atom stereocenters. The molecule has 0 saturated heterocycles. The number of carbonyl (C=O) groups is 2. The molecule has 0 unspecified atom stereocenters. The van der Waals surface area contributed by atoms with Gasteiger partial charge in [0.25, 0.3) is 11.5 Å². The first kappa shape index (κ1) is 17.9. The van der Waals surface area contributed by atoms with E-state index in [1.165, 1.54) is 12.3 Å². The second kappa shape index (κ2) is 7.52. The number of rotatable bonds is 4. The van der Waals surface area contributed by atoms with Crippen molar-refractivity contribution < 1.29 is 9.59 Å². The normalized spacial score (nSPS) is 10.4. The predicted molar refractivity (Wildman–Crippen MR) is 100 cm³/mol. The molecule has 0 fully saturated rings. The predicted octanol–water partition coefficient (Wildman–Crippen LogP) is 1.01. The number of carbonyl (C=O) groups excluding carboxylic acids is 2. The van der Waals surface area contributed by atoms with Crippen LogP contribution in [0.5, 0.6) is 0 Å². The van der Waals surface area contributed by atoms with Gasteiger partial charge in [0.1, 0.15) is 5.65 Å². The summed E-state index contributed by atoms with van der Waals surface area (Å²) in [6.07, 6.45) is 1.25. The standard InChI is InChI=1S/C17H16N6O4/c1-2-18-16(26)21-11-5-3-4-10(7-11)20-14(24)9-6-12-13(19-8-9)22-17(27)23-15(12)25/h3-8H,2H2,1H3,(H,20,24)(H2,18,21,26)(H2,19,22,23,25,27). The van der Waals surface area contributed by atoms with Crippen LogP contribution in [0.1, 0.15) is 17.3 Å². The van der Waals surface area contributed by atoms with Gasteiger partial charge in [0.15, 0.2) is 0 Å². The average molecular weight is 368 g/mol. The van der Waals surface area contributed by atoms with Gasteiger partial charge in [-0.3, -0.25) is 19.6 Å². The van der Waals surface area contributed by atoms with Crippen LogP contribution in [-0.4, -0.2) is 33.4 Å². The number of aromatic nitrogens is 3. The Hall–Kier alpha value is -3.95. The molecule has 2 aromatic heterocycles. The van der Waals surface area contributed by atoms with Crippen LogP contribution in [0.3, 0.4) is 0 Å². The number of hydrogen-bond acceptors (Lipinski definition) is 5. The number of H-pyrrole nitrogens is 2. The molecule has 27 heavy (non-hydrogen) atoms. The summed E-state index contributed by atoms with van der Waals surface area (Å²) in [7, 11) is 0. The van der Waals surface area contributed by atoms with E-state index < -0.39 is 17.2 Å². The Bertz CT molecular complexity index is 1130. The first-order chi connectivity index (χ1) is 13.0. The molecule has 10 heteroatoms. The molecule has 2 heterocycles. The van der Waals surface area contributed by atoms with Crippen LogP contribution in [0.15, 0.2) is 46.1 Å². The zero-order chi connectivity index (χ0) is 19.4. The van der Waals surface area contributed by atoms with Crippen LogP contribution in [-0.2, 0) is 0 Å². The topological polar surface area (TPSA) is 149 Å². The third-order valence-electron chi connectivity index (χ3n) is 3.57.